The van der Waals surface area contributed by atoms with Crippen molar-refractivity contribution in [2.24, 2.45) is 0 Å². The molecule has 1 N–H and O–H groups in total. The topological polar surface area (TPSA) is 137 Å². The molecular formula is C17H22FN3O8. The fourth-order valence-corrected chi connectivity index (χ4v) is 3.01. The third kappa shape index (κ3) is 4.81. The fourth-order valence-electron chi connectivity index (χ4n) is 3.01. The second-order valence-electron chi connectivity index (χ2n) is 7.37. The van der Waals surface area contributed by atoms with Gasteiger partial charge in [-0.3, -0.25) is 24.0 Å². The molecule has 29 heavy (non-hydrogen) atoms. The minimum absolute atomic E-state index is 0.233. The number of rotatable bonds is 3. The number of nitrogens with one attached hydrogen (secondary N) is 1. The summed E-state index contributed by atoms with van der Waals surface area (Å²) in [5, 5.41) is 0. The van der Waals surface area contributed by atoms with Gasteiger partial charge in [0.25, 0.3) is 5.56 Å². The molecule has 0 spiro atoms. The Balaban J connectivity index is 2.65. The van der Waals surface area contributed by atoms with Gasteiger partial charge in [-0.25, -0.2) is 14.4 Å². The van der Waals surface area contributed by atoms with Crippen molar-refractivity contribution in [2.45, 2.75) is 58.0 Å². The highest BCUT2D eigenvalue weighted by Crippen LogP contribution is 2.36. The maximum atomic E-state index is 13.9. The minimum Gasteiger partial charge on any atom is -0.467 e. The van der Waals surface area contributed by atoms with E-state index in [2.05, 4.69) is 0 Å². The molecule has 11 nitrogen and oxygen atoms in total. The van der Waals surface area contributed by atoms with Crippen LogP contribution in [-0.2, 0) is 23.8 Å². The van der Waals surface area contributed by atoms with Crippen molar-refractivity contribution in [1.82, 2.24) is 14.5 Å². The van der Waals surface area contributed by atoms with Crippen LogP contribution in [0, 0.1) is 5.82 Å². The van der Waals surface area contributed by atoms with Crippen LogP contribution in [0.5, 0.6) is 0 Å². The summed E-state index contributed by atoms with van der Waals surface area (Å²) in [7, 11) is 1.09. The van der Waals surface area contributed by atoms with Gasteiger partial charge in [0, 0.05) is 13.3 Å². The lowest BCUT2D eigenvalue weighted by Crippen LogP contribution is -2.49. The Bertz CT molecular complexity index is 932. The lowest BCUT2D eigenvalue weighted by atomic mass is 10.2. The molecule has 1 aliphatic heterocycles. The van der Waals surface area contributed by atoms with E-state index in [1.165, 1.54) is 0 Å². The van der Waals surface area contributed by atoms with Crippen LogP contribution in [0.3, 0.4) is 0 Å². The summed E-state index contributed by atoms with van der Waals surface area (Å²) in [5.74, 6) is -2.92. The van der Waals surface area contributed by atoms with Gasteiger partial charge in [0.1, 0.15) is 17.7 Å². The van der Waals surface area contributed by atoms with Gasteiger partial charge >= 0.3 is 23.7 Å². The van der Waals surface area contributed by atoms with Crippen molar-refractivity contribution in [3.8, 4) is 0 Å². The van der Waals surface area contributed by atoms with Crippen LogP contribution < -0.4 is 11.2 Å². The van der Waals surface area contributed by atoms with Crippen LogP contribution >= 0.6 is 0 Å². The van der Waals surface area contributed by atoms with E-state index in [1.807, 2.05) is 0 Å². The van der Waals surface area contributed by atoms with E-state index >= 15 is 0 Å². The molecule has 1 aliphatic rings. The van der Waals surface area contributed by atoms with Gasteiger partial charge in [0.05, 0.1) is 13.3 Å². The Kier molecular flexibility index (Phi) is 6.14. The molecular weight excluding hydrogens is 393 g/mol. The largest absolute Gasteiger partial charge is 0.467 e. The quantitative estimate of drug-likeness (QED) is 0.549. The van der Waals surface area contributed by atoms with E-state index in [9.17, 15) is 28.4 Å². The standard InChI is InChI=1S/C17H22FN3O8/c1-8(22)28-11-6-10(14(24)27-5)21(16(26)29-17(2,3)4)13(11)20-7-9(18)12(23)19-15(20)25/h7,10-11,13H,6H2,1-5H3,(H,19,23,25)/t10-,11+,13+/m0/s1. The van der Waals surface area contributed by atoms with E-state index in [-0.39, 0.29) is 6.42 Å². The lowest BCUT2D eigenvalue weighted by molar-refractivity contribution is -0.149. The van der Waals surface area contributed by atoms with Crippen LogP contribution in [0.2, 0.25) is 0 Å². The zero-order chi connectivity index (χ0) is 22.1. The maximum absolute atomic E-state index is 13.9. The third-order valence-electron chi connectivity index (χ3n) is 4.01. The minimum atomic E-state index is -1.46. The first-order chi connectivity index (χ1) is 13.4. The van der Waals surface area contributed by atoms with E-state index in [4.69, 9.17) is 14.2 Å². The number of aromatic amines is 1. The molecule has 12 heteroatoms. The molecule has 0 bridgehead atoms. The van der Waals surface area contributed by atoms with Crippen LogP contribution in [0.25, 0.3) is 0 Å². The van der Waals surface area contributed by atoms with Crippen molar-refractivity contribution in [1.29, 1.82) is 0 Å². The molecule has 0 aromatic carbocycles. The number of esters is 2. The summed E-state index contributed by atoms with van der Waals surface area (Å²) in [4.78, 5) is 63.0. The Morgan fingerprint density at radius 1 is 1.24 bits per heavy atom. The number of carbonyl (C=O) groups is 3. The summed E-state index contributed by atoms with van der Waals surface area (Å²) in [6.45, 7) is 5.84. The van der Waals surface area contributed by atoms with Gasteiger partial charge in [-0.15, -0.1) is 0 Å². The predicted molar refractivity (Wildman–Crippen MR) is 94.4 cm³/mol. The van der Waals surface area contributed by atoms with Gasteiger partial charge in [-0.1, -0.05) is 0 Å². The number of hydrogen-bond acceptors (Lipinski definition) is 8. The van der Waals surface area contributed by atoms with Gasteiger partial charge in [0.15, 0.2) is 6.17 Å². The first-order valence-corrected chi connectivity index (χ1v) is 8.63. The average Bonchev–Trinajstić information content (AvgIpc) is 2.94. The SMILES string of the molecule is COC(=O)[C@@H]1C[C@@H](OC(C)=O)[C@H](n2cc(F)c(=O)[nH]c2=O)N1C(=O)OC(C)(C)C. The van der Waals surface area contributed by atoms with Gasteiger partial charge in [-0.2, -0.15) is 4.39 Å². The summed E-state index contributed by atoms with van der Waals surface area (Å²) in [6, 6.07) is -1.29. The highest BCUT2D eigenvalue weighted by Gasteiger charge is 2.52. The number of hydrogen-bond donors (Lipinski definition) is 1. The van der Waals surface area contributed by atoms with Crippen LogP contribution in [0.15, 0.2) is 15.8 Å². The number of nitrogens with zero attached hydrogens (tertiary/aromatic N) is 2. The summed E-state index contributed by atoms with van der Waals surface area (Å²) < 4.78 is 29.7. The number of aromatic nitrogens is 2. The molecule has 2 heterocycles. The molecule has 2 rings (SSSR count). The van der Waals surface area contributed by atoms with E-state index in [0.29, 0.717) is 10.8 Å². The highest BCUT2D eigenvalue weighted by molar-refractivity contribution is 5.82. The number of likely N-dealkylation sites (tertiary alicyclic amines) is 1. The molecule has 1 amide bonds. The van der Waals surface area contributed by atoms with Crippen molar-refractivity contribution in [3.05, 3.63) is 32.9 Å². The molecule has 0 saturated carbocycles. The monoisotopic (exact) mass is 415 g/mol. The zero-order valence-corrected chi connectivity index (χ0v) is 16.6. The fraction of sp³-hybridized carbons (Fsp3) is 0.588. The summed E-state index contributed by atoms with van der Waals surface area (Å²) >= 11 is 0. The smallest absolute Gasteiger partial charge is 0.412 e. The molecule has 1 aromatic rings. The Labute approximate surface area is 164 Å². The molecule has 1 fully saturated rings. The van der Waals surface area contributed by atoms with Gasteiger partial charge < -0.3 is 14.2 Å². The van der Waals surface area contributed by atoms with Crippen molar-refractivity contribution < 1.29 is 33.0 Å². The molecule has 3 atom stereocenters. The third-order valence-corrected chi connectivity index (χ3v) is 4.01. The molecule has 160 valence electrons. The zero-order valence-electron chi connectivity index (χ0n) is 16.6. The molecule has 0 aliphatic carbocycles. The van der Waals surface area contributed by atoms with Crippen LogP contribution in [0.4, 0.5) is 9.18 Å². The van der Waals surface area contributed by atoms with Crippen LogP contribution in [-0.4, -0.2) is 57.3 Å². The normalized spacial score (nSPS) is 21.6. The number of H-pyrrole nitrogens is 1. The predicted octanol–water partition coefficient (Wildman–Crippen LogP) is 0.288. The van der Waals surface area contributed by atoms with Crippen LogP contribution in [0.1, 0.15) is 40.3 Å². The average molecular weight is 415 g/mol. The van der Waals surface area contributed by atoms with Crippen molar-refractivity contribution in [2.75, 3.05) is 7.11 Å². The molecule has 1 aromatic heterocycles. The number of methoxy groups -OCH3 is 1. The first-order valence-electron chi connectivity index (χ1n) is 8.63. The van der Waals surface area contributed by atoms with Crippen molar-refractivity contribution >= 4 is 18.0 Å². The molecule has 0 radical (unpaired) electrons. The summed E-state index contributed by atoms with van der Waals surface area (Å²) in [5.41, 5.74) is -3.30. The number of halogens is 1. The summed E-state index contributed by atoms with van der Waals surface area (Å²) in [6.07, 6.45) is -3.36. The van der Waals surface area contributed by atoms with Crippen molar-refractivity contribution in [3.63, 3.8) is 0 Å². The highest BCUT2D eigenvalue weighted by atomic mass is 19.1. The maximum Gasteiger partial charge on any atom is 0.412 e. The molecule has 1 saturated heterocycles. The number of ether oxygens (including phenoxy) is 3. The van der Waals surface area contributed by atoms with Gasteiger partial charge in [-0.05, 0) is 20.8 Å². The Morgan fingerprint density at radius 3 is 2.38 bits per heavy atom. The molecule has 0 unspecified atom stereocenters. The number of amides is 1. The number of carbonyl (C=O) groups excluding carboxylic acids is 3. The first kappa shape index (κ1) is 22.1. The lowest BCUT2D eigenvalue weighted by Gasteiger charge is -2.32. The van der Waals surface area contributed by atoms with E-state index in [1.54, 1.807) is 25.8 Å². The second-order valence-corrected chi connectivity index (χ2v) is 7.37. The Morgan fingerprint density at radius 2 is 1.86 bits per heavy atom. The Hall–Kier alpha value is -3.18. The van der Waals surface area contributed by atoms with E-state index in [0.717, 1.165) is 18.9 Å². The van der Waals surface area contributed by atoms with Gasteiger partial charge in [0.2, 0.25) is 5.82 Å². The van der Waals surface area contributed by atoms with E-state index < -0.39 is 59.0 Å². The second kappa shape index (κ2) is 8.05.